The van der Waals surface area contributed by atoms with Gasteiger partial charge < -0.3 is 10.2 Å². The van der Waals surface area contributed by atoms with E-state index in [1.54, 1.807) is 6.07 Å². The summed E-state index contributed by atoms with van der Waals surface area (Å²) in [6, 6.07) is 5.61. The average Bonchev–Trinajstić information content (AvgIpc) is 2.78. The van der Waals surface area contributed by atoms with Crippen molar-refractivity contribution in [2.24, 2.45) is 0 Å². The summed E-state index contributed by atoms with van der Waals surface area (Å²) in [4.78, 5) is 6.74. The van der Waals surface area contributed by atoms with E-state index >= 15 is 0 Å². The third kappa shape index (κ3) is 2.36. The molecule has 2 unspecified atom stereocenters. The van der Waals surface area contributed by atoms with Crippen LogP contribution in [0, 0.1) is 18.3 Å². The number of piperidine rings is 1. The normalized spacial score (nSPS) is 28.2. The quantitative estimate of drug-likeness (QED) is 0.910. The Bertz CT molecular complexity index is 554. The number of nitrogens with one attached hydrogen (secondary N) is 1. The number of aromatic nitrogens is 1. The minimum Gasteiger partial charge on any atom is -0.355 e. The molecule has 2 aliphatic heterocycles. The van der Waals surface area contributed by atoms with Crippen molar-refractivity contribution in [3.8, 4) is 6.07 Å². The Kier molecular flexibility index (Phi) is 3.57. The number of nitrogens with zero attached hydrogens (tertiary/aromatic N) is 3. The minimum absolute atomic E-state index is 0.478. The maximum Gasteiger partial charge on any atom is 0.147 e. The molecule has 2 bridgehead atoms. The summed E-state index contributed by atoms with van der Waals surface area (Å²) in [7, 11) is 2.06. The molecular formula is C15H19ClN4. The molecule has 2 aliphatic rings. The largest absolute Gasteiger partial charge is 0.355 e. The molecule has 2 saturated heterocycles. The molecule has 1 N–H and O–H groups in total. The van der Waals surface area contributed by atoms with Gasteiger partial charge in [0, 0.05) is 25.2 Å². The van der Waals surface area contributed by atoms with Crippen LogP contribution in [-0.2, 0) is 0 Å². The molecule has 1 aromatic heterocycles. The predicted molar refractivity (Wildman–Crippen MR) is 80.1 cm³/mol. The molecule has 2 fully saturated rings. The lowest BCUT2D eigenvalue weighted by molar-refractivity contribution is 0.354. The highest BCUT2D eigenvalue weighted by atomic mass is 35.5. The number of aryl methyl sites for hydroxylation is 1. The number of fused-ring (bicyclic) bond motifs is 2. The van der Waals surface area contributed by atoms with Crippen molar-refractivity contribution in [3.05, 3.63) is 22.3 Å². The van der Waals surface area contributed by atoms with Crippen molar-refractivity contribution >= 4 is 17.4 Å². The van der Waals surface area contributed by atoms with Crippen LogP contribution in [0.25, 0.3) is 0 Å². The molecule has 0 aliphatic carbocycles. The molecule has 2 atom stereocenters. The van der Waals surface area contributed by atoms with Crippen molar-refractivity contribution < 1.29 is 0 Å². The molecule has 1 aromatic rings. The Balaban J connectivity index is 1.85. The minimum atomic E-state index is 0.478. The third-order valence-corrected chi connectivity index (χ3v) is 4.88. The first kappa shape index (κ1) is 13.7. The fourth-order valence-electron chi connectivity index (χ4n) is 3.45. The van der Waals surface area contributed by atoms with Crippen LogP contribution in [0.15, 0.2) is 6.07 Å². The Labute approximate surface area is 124 Å². The lowest BCUT2D eigenvalue weighted by atomic mass is 9.98. The zero-order valence-electron chi connectivity index (χ0n) is 11.9. The summed E-state index contributed by atoms with van der Waals surface area (Å²) in [6.07, 6.45) is 4.85. The molecule has 5 heteroatoms. The van der Waals surface area contributed by atoms with E-state index in [9.17, 15) is 0 Å². The first-order chi connectivity index (χ1) is 9.58. The summed E-state index contributed by atoms with van der Waals surface area (Å²) >= 11 is 6.31. The summed E-state index contributed by atoms with van der Waals surface area (Å²) in [6.45, 7) is 1.86. The number of pyridine rings is 1. The zero-order chi connectivity index (χ0) is 14.3. The van der Waals surface area contributed by atoms with Gasteiger partial charge in [0.1, 0.15) is 11.9 Å². The SMILES string of the molecule is Cc1nc(N(C)C2CC3CCC(C2)N3)c(Cl)cc1C#N. The second-order valence-corrected chi connectivity index (χ2v) is 6.32. The molecule has 20 heavy (non-hydrogen) atoms. The van der Waals surface area contributed by atoms with Gasteiger partial charge in [0.15, 0.2) is 0 Å². The van der Waals surface area contributed by atoms with E-state index in [4.69, 9.17) is 16.9 Å². The van der Waals surface area contributed by atoms with Gasteiger partial charge in [-0.2, -0.15) is 5.26 Å². The molecular weight excluding hydrogens is 272 g/mol. The van der Waals surface area contributed by atoms with Gasteiger partial charge >= 0.3 is 0 Å². The van der Waals surface area contributed by atoms with Crippen LogP contribution in [0.2, 0.25) is 5.02 Å². The lowest BCUT2D eigenvalue weighted by Gasteiger charge is -2.36. The highest BCUT2D eigenvalue weighted by Crippen LogP contribution is 2.33. The van der Waals surface area contributed by atoms with Crippen LogP contribution in [0.1, 0.15) is 36.9 Å². The number of rotatable bonds is 2. The molecule has 0 aromatic carbocycles. The van der Waals surface area contributed by atoms with Gasteiger partial charge in [-0.05, 0) is 38.7 Å². The van der Waals surface area contributed by atoms with E-state index in [2.05, 4.69) is 28.3 Å². The monoisotopic (exact) mass is 290 g/mol. The average molecular weight is 291 g/mol. The Morgan fingerprint density at radius 1 is 1.40 bits per heavy atom. The van der Waals surface area contributed by atoms with Crippen molar-refractivity contribution in [3.63, 3.8) is 0 Å². The standard InChI is InChI=1S/C15H19ClN4/c1-9-10(8-17)5-14(16)15(18-9)20(2)13-6-11-3-4-12(7-13)19-11/h5,11-13,19H,3-4,6-7H2,1-2H3. The molecule has 0 radical (unpaired) electrons. The van der Waals surface area contributed by atoms with E-state index in [1.807, 2.05) is 6.92 Å². The molecule has 0 spiro atoms. The fraction of sp³-hybridized carbons (Fsp3) is 0.600. The predicted octanol–water partition coefficient (Wildman–Crippen LogP) is 2.63. The third-order valence-electron chi connectivity index (χ3n) is 4.60. The zero-order valence-corrected chi connectivity index (χ0v) is 12.6. The van der Waals surface area contributed by atoms with Gasteiger partial charge in [0.25, 0.3) is 0 Å². The van der Waals surface area contributed by atoms with E-state index in [0.29, 0.717) is 28.7 Å². The molecule has 106 valence electrons. The van der Waals surface area contributed by atoms with Crippen LogP contribution in [0.5, 0.6) is 0 Å². The first-order valence-corrected chi connectivity index (χ1v) is 7.52. The van der Waals surface area contributed by atoms with Gasteiger partial charge in [-0.1, -0.05) is 11.6 Å². The molecule has 3 rings (SSSR count). The fourth-order valence-corrected chi connectivity index (χ4v) is 3.73. The molecule has 0 saturated carbocycles. The van der Waals surface area contributed by atoms with Crippen LogP contribution in [0.3, 0.4) is 0 Å². The molecule has 0 amide bonds. The van der Waals surface area contributed by atoms with Gasteiger partial charge in [0.05, 0.1) is 16.3 Å². The smallest absolute Gasteiger partial charge is 0.147 e. The van der Waals surface area contributed by atoms with Gasteiger partial charge in [-0.25, -0.2) is 4.98 Å². The maximum absolute atomic E-state index is 9.03. The maximum atomic E-state index is 9.03. The number of anilines is 1. The Morgan fingerprint density at radius 3 is 2.65 bits per heavy atom. The number of nitriles is 1. The summed E-state index contributed by atoms with van der Waals surface area (Å²) < 4.78 is 0. The van der Waals surface area contributed by atoms with Crippen molar-refractivity contribution in [1.82, 2.24) is 10.3 Å². The van der Waals surface area contributed by atoms with E-state index in [-0.39, 0.29) is 0 Å². The van der Waals surface area contributed by atoms with Gasteiger partial charge in [-0.3, -0.25) is 0 Å². The number of hydrogen-bond donors (Lipinski definition) is 1. The van der Waals surface area contributed by atoms with Crippen LogP contribution in [-0.4, -0.2) is 30.2 Å². The Morgan fingerprint density at radius 2 is 2.05 bits per heavy atom. The van der Waals surface area contributed by atoms with Gasteiger partial charge in [0.2, 0.25) is 0 Å². The second-order valence-electron chi connectivity index (χ2n) is 5.91. The first-order valence-electron chi connectivity index (χ1n) is 7.14. The van der Waals surface area contributed by atoms with Crippen molar-refractivity contribution in [1.29, 1.82) is 5.26 Å². The highest BCUT2D eigenvalue weighted by Gasteiger charge is 2.35. The second kappa shape index (κ2) is 5.23. The summed E-state index contributed by atoms with van der Waals surface area (Å²) in [5.41, 5.74) is 1.30. The van der Waals surface area contributed by atoms with E-state index in [1.165, 1.54) is 12.8 Å². The number of hydrogen-bond acceptors (Lipinski definition) is 4. The lowest BCUT2D eigenvalue weighted by Crippen LogP contribution is -2.47. The molecule has 4 nitrogen and oxygen atoms in total. The highest BCUT2D eigenvalue weighted by molar-refractivity contribution is 6.33. The summed E-state index contributed by atoms with van der Waals surface area (Å²) in [5, 5.41) is 13.2. The van der Waals surface area contributed by atoms with Crippen molar-refractivity contribution in [2.45, 2.75) is 50.7 Å². The van der Waals surface area contributed by atoms with E-state index in [0.717, 1.165) is 24.4 Å². The van der Waals surface area contributed by atoms with Crippen LogP contribution >= 0.6 is 11.6 Å². The van der Waals surface area contributed by atoms with Crippen molar-refractivity contribution in [2.75, 3.05) is 11.9 Å². The Hall–Kier alpha value is -1.31. The van der Waals surface area contributed by atoms with Crippen LogP contribution < -0.4 is 10.2 Å². The molecule has 3 heterocycles. The van der Waals surface area contributed by atoms with Crippen LogP contribution in [0.4, 0.5) is 5.82 Å². The topological polar surface area (TPSA) is 52.0 Å². The number of halogens is 1. The van der Waals surface area contributed by atoms with E-state index < -0.39 is 0 Å². The van der Waals surface area contributed by atoms with Gasteiger partial charge in [-0.15, -0.1) is 0 Å². The summed E-state index contributed by atoms with van der Waals surface area (Å²) in [5.74, 6) is 0.800.